The number of nitrogens with one attached hydrogen (secondary N) is 1. The third-order valence-corrected chi connectivity index (χ3v) is 8.22. The predicted molar refractivity (Wildman–Crippen MR) is 147 cm³/mol. The number of carbonyl (C=O) groups is 1. The van der Waals surface area contributed by atoms with Crippen molar-refractivity contribution in [2.45, 2.75) is 43.6 Å². The van der Waals surface area contributed by atoms with Gasteiger partial charge in [-0.15, -0.1) is 0 Å². The third kappa shape index (κ3) is 7.45. The number of hydrogen-bond acceptors (Lipinski definition) is 8. The van der Waals surface area contributed by atoms with Crippen LogP contribution in [-0.2, 0) is 32.6 Å². The molecule has 1 aliphatic heterocycles. The summed E-state index contributed by atoms with van der Waals surface area (Å²) >= 11 is 0. The van der Waals surface area contributed by atoms with Crippen molar-refractivity contribution >= 4 is 15.9 Å². The van der Waals surface area contributed by atoms with Crippen LogP contribution in [0.5, 0.6) is 5.75 Å². The summed E-state index contributed by atoms with van der Waals surface area (Å²) in [7, 11) is -2.54. The zero-order valence-electron chi connectivity index (χ0n) is 22.4. The van der Waals surface area contributed by atoms with E-state index in [1.54, 1.807) is 12.1 Å². The quantitative estimate of drug-likeness (QED) is 0.328. The van der Waals surface area contributed by atoms with E-state index in [-0.39, 0.29) is 16.6 Å². The number of piperidine rings is 1. The first-order valence-corrected chi connectivity index (χ1v) is 14.6. The number of rotatable bonds is 13. The molecule has 210 valence electrons. The van der Waals surface area contributed by atoms with Crippen LogP contribution in [-0.4, -0.2) is 64.1 Å². The van der Waals surface area contributed by atoms with Gasteiger partial charge in [0.1, 0.15) is 16.3 Å². The molecule has 2 heterocycles. The summed E-state index contributed by atoms with van der Waals surface area (Å²) in [6.07, 6.45) is 2.51. The standard InChI is InChI=1S/C28H36N4O6S/c1-3-37-19-23-27(21-7-5-4-6-8-21)38-28(31-23)22-12-15-32(16-13-22)14-11-20-9-10-24(36-2)25(17-20)39(34,35)30-18-26(29)33/h4-10,17,22,30H,3,11-16,18-19H2,1-2H3,(H2,29,33). The molecular weight excluding hydrogens is 520 g/mol. The molecular formula is C28H36N4O6S. The van der Waals surface area contributed by atoms with Crippen molar-refractivity contribution < 1.29 is 27.1 Å². The zero-order chi connectivity index (χ0) is 27.8. The first-order chi connectivity index (χ1) is 18.8. The van der Waals surface area contributed by atoms with Crippen molar-refractivity contribution in [3.63, 3.8) is 0 Å². The Morgan fingerprint density at radius 1 is 1.18 bits per heavy atom. The molecule has 0 atom stereocenters. The number of primary amides is 1. The minimum absolute atomic E-state index is 0.0107. The SMILES string of the molecule is CCOCc1nc(C2CCN(CCc3ccc(OC)c(S(=O)(=O)NCC(N)=O)c3)CC2)oc1-c1ccccc1. The summed E-state index contributed by atoms with van der Waals surface area (Å²) in [6.45, 7) is 5.07. The van der Waals surface area contributed by atoms with Gasteiger partial charge in [0.05, 0.1) is 20.3 Å². The summed E-state index contributed by atoms with van der Waals surface area (Å²) in [5, 5.41) is 0. The average Bonchev–Trinajstić information content (AvgIpc) is 3.38. The molecule has 0 radical (unpaired) electrons. The lowest BCUT2D eigenvalue weighted by molar-refractivity contribution is -0.116. The first-order valence-electron chi connectivity index (χ1n) is 13.1. The van der Waals surface area contributed by atoms with Gasteiger partial charge >= 0.3 is 0 Å². The van der Waals surface area contributed by atoms with Gasteiger partial charge in [0.15, 0.2) is 11.7 Å². The molecule has 1 saturated heterocycles. The van der Waals surface area contributed by atoms with Gasteiger partial charge in [0.25, 0.3) is 0 Å². The summed E-state index contributed by atoms with van der Waals surface area (Å²) < 4.78 is 44.8. The van der Waals surface area contributed by atoms with Crippen LogP contribution in [0.4, 0.5) is 0 Å². The number of amides is 1. The zero-order valence-corrected chi connectivity index (χ0v) is 23.2. The lowest BCUT2D eigenvalue weighted by Crippen LogP contribution is -2.34. The van der Waals surface area contributed by atoms with E-state index >= 15 is 0 Å². The largest absolute Gasteiger partial charge is 0.495 e. The highest BCUT2D eigenvalue weighted by molar-refractivity contribution is 7.89. The third-order valence-electron chi connectivity index (χ3n) is 6.80. The monoisotopic (exact) mass is 556 g/mol. The van der Waals surface area contributed by atoms with Gasteiger partial charge in [0.2, 0.25) is 15.9 Å². The maximum absolute atomic E-state index is 12.7. The molecule has 3 N–H and O–H groups in total. The Labute approximate surface area is 229 Å². The minimum atomic E-state index is -3.95. The van der Waals surface area contributed by atoms with Gasteiger partial charge in [-0.2, -0.15) is 0 Å². The second-order valence-electron chi connectivity index (χ2n) is 9.47. The maximum Gasteiger partial charge on any atom is 0.244 e. The number of nitrogens with zero attached hydrogens (tertiary/aromatic N) is 2. The molecule has 1 aromatic heterocycles. The number of hydrogen-bond donors (Lipinski definition) is 2. The van der Waals surface area contributed by atoms with Crippen molar-refractivity contribution in [2.24, 2.45) is 5.73 Å². The summed E-state index contributed by atoms with van der Waals surface area (Å²) in [5.41, 5.74) is 7.78. The minimum Gasteiger partial charge on any atom is -0.495 e. The Morgan fingerprint density at radius 3 is 2.59 bits per heavy atom. The normalized spacial score (nSPS) is 14.9. The fourth-order valence-corrected chi connectivity index (χ4v) is 5.89. The van der Waals surface area contributed by atoms with Gasteiger partial charge in [-0.05, 0) is 57.0 Å². The second kappa shape index (κ2) is 13.2. The fraction of sp³-hybridized carbons (Fsp3) is 0.429. The van der Waals surface area contributed by atoms with E-state index in [4.69, 9.17) is 24.6 Å². The smallest absolute Gasteiger partial charge is 0.244 e. The second-order valence-corrected chi connectivity index (χ2v) is 11.2. The predicted octanol–water partition coefficient (Wildman–Crippen LogP) is 3.07. The summed E-state index contributed by atoms with van der Waals surface area (Å²) in [6, 6.07) is 15.1. The van der Waals surface area contributed by atoms with Gasteiger partial charge in [-0.3, -0.25) is 4.79 Å². The molecule has 0 unspecified atom stereocenters. The van der Waals surface area contributed by atoms with Crippen LogP contribution in [0.3, 0.4) is 0 Å². The van der Waals surface area contributed by atoms with Crippen LogP contribution in [0.2, 0.25) is 0 Å². The molecule has 11 heteroatoms. The molecule has 0 bridgehead atoms. The van der Waals surface area contributed by atoms with Crippen molar-refractivity contribution in [2.75, 3.05) is 39.9 Å². The number of likely N-dealkylation sites (tertiary alicyclic amines) is 1. The van der Waals surface area contributed by atoms with Gasteiger partial charge < -0.3 is 24.5 Å². The number of oxazole rings is 1. The highest BCUT2D eigenvalue weighted by Crippen LogP contribution is 2.33. The Bertz CT molecular complexity index is 1350. The molecule has 0 aliphatic carbocycles. The van der Waals surface area contributed by atoms with Crippen LogP contribution >= 0.6 is 0 Å². The molecule has 0 saturated carbocycles. The van der Waals surface area contributed by atoms with E-state index in [9.17, 15) is 13.2 Å². The number of carbonyl (C=O) groups excluding carboxylic acids is 1. The molecule has 3 aromatic rings. The highest BCUT2D eigenvalue weighted by atomic mass is 32.2. The van der Waals surface area contributed by atoms with Crippen molar-refractivity contribution in [3.05, 3.63) is 65.7 Å². The van der Waals surface area contributed by atoms with E-state index in [2.05, 4.69) is 9.62 Å². The van der Waals surface area contributed by atoms with Crippen LogP contribution in [0.25, 0.3) is 11.3 Å². The van der Waals surface area contributed by atoms with Crippen LogP contribution in [0, 0.1) is 0 Å². The molecule has 10 nitrogen and oxygen atoms in total. The van der Waals surface area contributed by atoms with Crippen LogP contribution in [0.15, 0.2) is 57.8 Å². The van der Waals surface area contributed by atoms with Crippen LogP contribution in [0.1, 0.15) is 42.8 Å². The maximum atomic E-state index is 12.7. The summed E-state index contributed by atoms with van der Waals surface area (Å²) in [4.78, 5) is 18.2. The van der Waals surface area contributed by atoms with E-state index in [1.165, 1.54) is 7.11 Å². The Morgan fingerprint density at radius 2 is 1.92 bits per heavy atom. The number of ether oxygens (including phenoxy) is 2. The number of aromatic nitrogens is 1. The number of benzene rings is 2. The molecule has 4 rings (SSSR count). The fourth-order valence-electron chi connectivity index (χ4n) is 4.68. The van der Waals surface area contributed by atoms with Crippen molar-refractivity contribution in [1.29, 1.82) is 0 Å². The molecule has 1 amide bonds. The Hall–Kier alpha value is -3.25. The van der Waals surface area contributed by atoms with E-state index in [0.29, 0.717) is 19.6 Å². The van der Waals surface area contributed by atoms with Gasteiger partial charge in [-0.1, -0.05) is 36.4 Å². The molecule has 2 aromatic carbocycles. The molecule has 1 fully saturated rings. The number of methoxy groups -OCH3 is 1. The van der Waals surface area contributed by atoms with Crippen LogP contribution < -0.4 is 15.2 Å². The lowest BCUT2D eigenvalue weighted by atomic mass is 9.96. The topological polar surface area (TPSA) is 137 Å². The molecule has 0 spiro atoms. The van der Waals surface area contributed by atoms with Crippen molar-refractivity contribution in [3.8, 4) is 17.1 Å². The number of sulfonamides is 1. The first kappa shape index (κ1) is 28.8. The summed E-state index contributed by atoms with van der Waals surface area (Å²) in [5.74, 6) is 1.21. The van der Waals surface area contributed by atoms with Crippen molar-refractivity contribution in [1.82, 2.24) is 14.6 Å². The number of nitrogens with two attached hydrogens (primary N) is 1. The van der Waals surface area contributed by atoms with E-state index < -0.39 is 22.5 Å². The highest BCUT2D eigenvalue weighted by Gasteiger charge is 2.27. The average molecular weight is 557 g/mol. The Kier molecular flexibility index (Phi) is 9.73. The van der Waals surface area contributed by atoms with Gasteiger partial charge in [-0.25, -0.2) is 18.1 Å². The lowest BCUT2D eigenvalue weighted by Gasteiger charge is -2.30. The molecule has 1 aliphatic rings. The van der Waals surface area contributed by atoms with E-state index in [0.717, 1.165) is 60.9 Å². The van der Waals surface area contributed by atoms with E-state index in [1.807, 2.05) is 43.3 Å². The van der Waals surface area contributed by atoms with Gasteiger partial charge in [0, 0.05) is 24.6 Å². The Balaban J connectivity index is 1.38. The molecule has 39 heavy (non-hydrogen) atoms.